The van der Waals surface area contributed by atoms with Crippen LogP contribution in [0.5, 0.6) is 0 Å². The zero-order valence-electron chi connectivity index (χ0n) is 23.2. The molecule has 12 heteroatoms. The summed E-state index contributed by atoms with van der Waals surface area (Å²) < 4.78 is 11.8. The second-order valence-electron chi connectivity index (χ2n) is 10.5. The molecule has 0 unspecified atom stereocenters. The number of halogens is 1. The number of hydrogen-bond acceptors (Lipinski definition) is 8. The van der Waals surface area contributed by atoms with Crippen molar-refractivity contribution in [2.75, 3.05) is 38.7 Å². The van der Waals surface area contributed by atoms with Crippen LogP contribution < -0.4 is 10.2 Å². The molecule has 1 saturated heterocycles. The molecule has 3 rings (SSSR count). The lowest BCUT2D eigenvalue weighted by Gasteiger charge is -2.34. The van der Waals surface area contributed by atoms with Crippen molar-refractivity contribution in [1.82, 2.24) is 19.8 Å². The Morgan fingerprint density at radius 3 is 2.51 bits per heavy atom. The maximum absolute atomic E-state index is 13.6. The number of piperidine rings is 1. The van der Waals surface area contributed by atoms with E-state index in [2.05, 4.69) is 10.3 Å². The molecule has 39 heavy (non-hydrogen) atoms. The molecule has 1 N–H and O–H groups in total. The molecule has 2 heterocycles. The highest BCUT2D eigenvalue weighted by atomic mass is 35.5. The van der Waals surface area contributed by atoms with Gasteiger partial charge in [0.25, 0.3) is 5.91 Å². The molecule has 0 spiro atoms. The number of imidazole rings is 1. The number of ketones is 1. The summed E-state index contributed by atoms with van der Waals surface area (Å²) in [5, 5.41) is 3.40. The summed E-state index contributed by atoms with van der Waals surface area (Å²) in [5.74, 6) is -1.16. The Kier molecular flexibility index (Phi) is 9.60. The number of rotatable bonds is 8. The predicted octanol–water partition coefficient (Wildman–Crippen LogP) is 3.53. The van der Waals surface area contributed by atoms with Crippen LogP contribution in [0.1, 0.15) is 67.1 Å². The van der Waals surface area contributed by atoms with E-state index in [0.29, 0.717) is 24.1 Å². The van der Waals surface area contributed by atoms with Gasteiger partial charge >= 0.3 is 12.1 Å². The number of hydrogen-bond donors (Lipinski definition) is 1. The highest BCUT2D eigenvalue weighted by Crippen LogP contribution is 2.28. The minimum absolute atomic E-state index is 0.0130. The number of Topliss-reactive ketones (excluding diaryl/α,β-unsaturated/α-hetero) is 1. The number of benzene rings is 1. The maximum Gasteiger partial charge on any atom is 0.407 e. The van der Waals surface area contributed by atoms with E-state index in [1.807, 2.05) is 17.0 Å². The van der Waals surface area contributed by atoms with Crippen LogP contribution in [0.3, 0.4) is 0 Å². The van der Waals surface area contributed by atoms with Crippen molar-refractivity contribution < 1.29 is 28.7 Å². The maximum atomic E-state index is 13.6. The molecule has 11 nitrogen and oxygen atoms in total. The third-order valence-corrected chi connectivity index (χ3v) is 6.50. The zero-order chi connectivity index (χ0) is 28.9. The molecule has 1 aliphatic heterocycles. The third-order valence-electron chi connectivity index (χ3n) is 6.14. The van der Waals surface area contributed by atoms with Gasteiger partial charge in [0, 0.05) is 38.1 Å². The Balaban J connectivity index is 2.04. The van der Waals surface area contributed by atoms with E-state index in [-0.39, 0.29) is 30.5 Å². The number of esters is 1. The number of carbonyl (C=O) groups is 4. The zero-order valence-corrected chi connectivity index (χ0v) is 24.0. The van der Waals surface area contributed by atoms with Crippen molar-refractivity contribution in [2.45, 2.75) is 58.7 Å². The van der Waals surface area contributed by atoms with Crippen LogP contribution in [0, 0.1) is 0 Å². The van der Waals surface area contributed by atoms with Gasteiger partial charge in [-0.3, -0.25) is 14.4 Å². The number of nitrogens with one attached hydrogen (secondary N) is 1. The molecule has 1 aliphatic rings. The molecule has 212 valence electrons. The summed E-state index contributed by atoms with van der Waals surface area (Å²) in [4.78, 5) is 58.4. The highest BCUT2D eigenvalue weighted by Gasteiger charge is 2.33. The summed E-state index contributed by atoms with van der Waals surface area (Å²) in [6.07, 6.45) is 0.952. The lowest BCUT2D eigenvalue weighted by atomic mass is 10.1. The van der Waals surface area contributed by atoms with E-state index < -0.39 is 29.4 Å². The second kappa shape index (κ2) is 12.5. The molecule has 2 amide bonds. The molecule has 0 aliphatic carbocycles. The van der Waals surface area contributed by atoms with Gasteiger partial charge in [0.05, 0.1) is 13.7 Å². The molecular formula is C27H36ClN5O6. The van der Waals surface area contributed by atoms with Crippen LogP contribution in [0.2, 0.25) is 5.02 Å². The first-order valence-electron chi connectivity index (χ1n) is 12.7. The van der Waals surface area contributed by atoms with Gasteiger partial charge in [-0.15, -0.1) is 0 Å². The SMILES string of the molecule is COC(=O)CN(C)C(=O)c1c(C(C)=O)nc(N2CCC[C@@H](NC(=O)OC(C)(C)C)C2)n1Cc1ccccc1Cl. The fourth-order valence-corrected chi connectivity index (χ4v) is 4.55. The predicted molar refractivity (Wildman–Crippen MR) is 146 cm³/mol. The molecule has 2 aromatic rings. The number of nitrogens with zero attached hydrogens (tertiary/aromatic N) is 4. The number of ether oxygens (including phenoxy) is 2. The van der Waals surface area contributed by atoms with Crippen molar-refractivity contribution in [3.8, 4) is 0 Å². The first-order valence-corrected chi connectivity index (χ1v) is 13.1. The smallest absolute Gasteiger partial charge is 0.407 e. The molecule has 0 radical (unpaired) electrons. The van der Waals surface area contributed by atoms with E-state index in [4.69, 9.17) is 21.1 Å². The number of alkyl carbamates (subject to hydrolysis) is 1. The summed E-state index contributed by atoms with van der Waals surface area (Å²) in [6, 6.07) is 6.97. The highest BCUT2D eigenvalue weighted by molar-refractivity contribution is 6.31. The Hall–Kier alpha value is -3.60. The number of amides is 2. The van der Waals surface area contributed by atoms with Crippen molar-refractivity contribution in [2.24, 2.45) is 0 Å². The van der Waals surface area contributed by atoms with Gasteiger partial charge in [-0.2, -0.15) is 0 Å². The minimum Gasteiger partial charge on any atom is -0.468 e. The minimum atomic E-state index is -0.633. The van der Waals surface area contributed by atoms with Gasteiger partial charge in [0.2, 0.25) is 5.95 Å². The van der Waals surface area contributed by atoms with Crippen molar-refractivity contribution in [3.63, 3.8) is 0 Å². The van der Waals surface area contributed by atoms with E-state index in [0.717, 1.165) is 18.4 Å². The Labute approximate surface area is 233 Å². The first-order chi connectivity index (χ1) is 18.3. The number of anilines is 1. The lowest BCUT2D eigenvalue weighted by molar-refractivity contribution is -0.141. The Morgan fingerprint density at radius 2 is 1.90 bits per heavy atom. The van der Waals surface area contributed by atoms with Crippen molar-refractivity contribution >= 4 is 41.3 Å². The third kappa shape index (κ3) is 7.72. The molecule has 0 saturated carbocycles. The van der Waals surface area contributed by atoms with Crippen LogP contribution in [0.15, 0.2) is 24.3 Å². The van der Waals surface area contributed by atoms with Gasteiger partial charge in [-0.05, 0) is 45.2 Å². The fraction of sp³-hybridized carbons (Fsp3) is 0.519. The average molecular weight is 562 g/mol. The van der Waals surface area contributed by atoms with Crippen LogP contribution >= 0.6 is 11.6 Å². The van der Waals surface area contributed by atoms with Gasteiger partial charge in [0.1, 0.15) is 23.5 Å². The Bertz CT molecular complexity index is 1240. The number of carbonyl (C=O) groups excluding carboxylic acids is 4. The van der Waals surface area contributed by atoms with Crippen LogP contribution in [0.25, 0.3) is 0 Å². The fourth-order valence-electron chi connectivity index (χ4n) is 4.35. The monoisotopic (exact) mass is 561 g/mol. The van der Waals surface area contributed by atoms with Crippen LogP contribution in [-0.4, -0.2) is 83.6 Å². The van der Waals surface area contributed by atoms with Crippen molar-refractivity contribution in [1.29, 1.82) is 0 Å². The summed E-state index contributed by atoms with van der Waals surface area (Å²) in [6.45, 7) is 7.57. The van der Waals surface area contributed by atoms with Crippen LogP contribution in [0.4, 0.5) is 10.7 Å². The number of methoxy groups -OCH3 is 1. The van der Waals surface area contributed by atoms with E-state index in [1.165, 1.54) is 26.0 Å². The van der Waals surface area contributed by atoms with E-state index in [1.54, 1.807) is 37.5 Å². The van der Waals surface area contributed by atoms with Crippen molar-refractivity contribution in [3.05, 3.63) is 46.2 Å². The first kappa shape index (κ1) is 29.9. The summed E-state index contributed by atoms with van der Waals surface area (Å²) in [5.41, 5.74) is 0.121. The molecule has 0 bridgehead atoms. The largest absolute Gasteiger partial charge is 0.468 e. The summed E-state index contributed by atoms with van der Waals surface area (Å²) >= 11 is 6.46. The molecule has 1 atom stereocenters. The number of likely N-dealkylation sites (N-methyl/N-ethyl adjacent to an activating group) is 1. The molecular weight excluding hydrogens is 526 g/mol. The topological polar surface area (TPSA) is 123 Å². The quantitative estimate of drug-likeness (QED) is 0.383. The second-order valence-corrected chi connectivity index (χ2v) is 10.9. The van der Waals surface area contributed by atoms with E-state index >= 15 is 0 Å². The normalized spacial score (nSPS) is 15.5. The summed E-state index contributed by atoms with van der Waals surface area (Å²) in [7, 11) is 2.69. The molecule has 1 fully saturated rings. The van der Waals surface area contributed by atoms with Gasteiger partial charge in [-0.1, -0.05) is 29.8 Å². The Morgan fingerprint density at radius 1 is 1.21 bits per heavy atom. The number of aromatic nitrogens is 2. The molecule has 1 aromatic heterocycles. The van der Waals surface area contributed by atoms with Gasteiger partial charge < -0.3 is 29.2 Å². The average Bonchev–Trinajstić information content (AvgIpc) is 3.23. The van der Waals surface area contributed by atoms with Gasteiger partial charge in [-0.25, -0.2) is 9.78 Å². The lowest BCUT2D eigenvalue weighted by Crippen LogP contribution is -2.49. The molecule has 1 aromatic carbocycles. The standard InChI is InChI=1S/C27H36ClN5O6/c1-17(34)22-23(24(36)31(5)16-21(35)38-6)33(14-18-10-7-8-12-20(18)28)25(30-22)32-13-9-11-19(15-32)29-26(37)39-27(2,3)4/h7-8,10,12,19H,9,11,13-16H2,1-6H3,(H,29,37)/t19-/m1/s1. The van der Waals surface area contributed by atoms with E-state index in [9.17, 15) is 19.2 Å². The van der Waals surface area contributed by atoms with Crippen LogP contribution in [-0.2, 0) is 20.8 Å². The van der Waals surface area contributed by atoms with Gasteiger partial charge in [0.15, 0.2) is 5.78 Å².